The van der Waals surface area contributed by atoms with Crippen LogP contribution in [0.25, 0.3) is 0 Å². The summed E-state index contributed by atoms with van der Waals surface area (Å²) in [5.41, 5.74) is 3.91. The Kier molecular flexibility index (Phi) is 4.06. The summed E-state index contributed by atoms with van der Waals surface area (Å²) < 4.78 is 5.85. The Morgan fingerprint density at radius 1 is 1.24 bits per heavy atom. The maximum atomic E-state index is 13.0. The SMILES string of the molecule is Cc1ccc([C@@H]2CCCN2C(=O)N[C@@H]2[C@@H]3CCO[C@H]3C2(C)C)cc1C. The first kappa shape index (κ1) is 16.9. The Morgan fingerprint density at radius 3 is 2.80 bits per heavy atom. The van der Waals surface area contributed by atoms with Gasteiger partial charge in [-0.05, 0) is 49.8 Å². The van der Waals surface area contributed by atoms with E-state index in [0.717, 1.165) is 32.4 Å². The lowest BCUT2D eigenvalue weighted by atomic mass is 9.57. The van der Waals surface area contributed by atoms with Crippen molar-refractivity contribution >= 4 is 6.03 Å². The van der Waals surface area contributed by atoms with Gasteiger partial charge in [0.1, 0.15) is 0 Å². The Hall–Kier alpha value is -1.55. The number of likely N-dealkylation sites (tertiary alicyclic amines) is 1. The summed E-state index contributed by atoms with van der Waals surface area (Å²) in [7, 11) is 0. The third-order valence-electron chi connectivity index (χ3n) is 6.81. The number of carbonyl (C=O) groups excluding carboxylic acids is 1. The van der Waals surface area contributed by atoms with Gasteiger partial charge in [-0.2, -0.15) is 0 Å². The van der Waals surface area contributed by atoms with Crippen LogP contribution in [0.1, 0.15) is 55.8 Å². The van der Waals surface area contributed by atoms with Crippen LogP contribution in [0.3, 0.4) is 0 Å². The van der Waals surface area contributed by atoms with E-state index < -0.39 is 0 Å². The van der Waals surface area contributed by atoms with Crippen molar-refractivity contribution in [1.29, 1.82) is 0 Å². The molecule has 136 valence electrons. The molecule has 2 heterocycles. The molecule has 3 fully saturated rings. The van der Waals surface area contributed by atoms with E-state index in [1.807, 2.05) is 4.90 Å². The Morgan fingerprint density at radius 2 is 2.04 bits per heavy atom. The highest BCUT2D eigenvalue weighted by Crippen LogP contribution is 2.52. The van der Waals surface area contributed by atoms with E-state index in [1.54, 1.807) is 0 Å². The van der Waals surface area contributed by atoms with Crippen molar-refractivity contribution < 1.29 is 9.53 Å². The molecule has 3 aliphatic rings. The van der Waals surface area contributed by atoms with Gasteiger partial charge in [0.15, 0.2) is 0 Å². The van der Waals surface area contributed by atoms with Crippen LogP contribution in [0.2, 0.25) is 0 Å². The summed E-state index contributed by atoms with van der Waals surface area (Å²) >= 11 is 0. The van der Waals surface area contributed by atoms with Gasteiger partial charge in [0.2, 0.25) is 0 Å². The van der Waals surface area contributed by atoms with Crippen molar-refractivity contribution in [3.63, 3.8) is 0 Å². The van der Waals surface area contributed by atoms with Gasteiger partial charge in [0.05, 0.1) is 12.1 Å². The highest BCUT2D eigenvalue weighted by atomic mass is 16.5. The topological polar surface area (TPSA) is 41.6 Å². The molecule has 1 aromatic carbocycles. The number of carbonyl (C=O) groups is 1. The zero-order valence-corrected chi connectivity index (χ0v) is 15.8. The van der Waals surface area contributed by atoms with Crippen LogP contribution in [0.4, 0.5) is 4.79 Å². The van der Waals surface area contributed by atoms with Crippen LogP contribution >= 0.6 is 0 Å². The molecule has 2 aliphatic heterocycles. The molecule has 4 nitrogen and oxygen atoms in total. The van der Waals surface area contributed by atoms with Crippen molar-refractivity contribution in [3.05, 3.63) is 34.9 Å². The average Bonchev–Trinajstić information content (AvgIpc) is 3.23. The number of hydrogen-bond acceptors (Lipinski definition) is 2. The smallest absolute Gasteiger partial charge is 0.318 e. The molecule has 1 aliphatic carbocycles. The number of amides is 2. The van der Waals surface area contributed by atoms with Crippen LogP contribution in [0, 0.1) is 25.2 Å². The zero-order valence-electron chi connectivity index (χ0n) is 15.8. The van der Waals surface area contributed by atoms with E-state index in [0.29, 0.717) is 12.0 Å². The van der Waals surface area contributed by atoms with Crippen molar-refractivity contribution in [2.45, 2.75) is 65.1 Å². The van der Waals surface area contributed by atoms with E-state index in [4.69, 9.17) is 4.74 Å². The summed E-state index contributed by atoms with van der Waals surface area (Å²) in [6.07, 6.45) is 3.51. The predicted octanol–water partition coefficient (Wildman–Crippen LogP) is 3.96. The molecule has 0 unspecified atom stereocenters. The van der Waals surface area contributed by atoms with Crippen molar-refractivity contribution in [3.8, 4) is 0 Å². The Labute approximate surface area is 150 Å². The summed E-state index contributed by atoms with van der Waals surface area (Å²) in [6.45, 7) is 10.4. The van der Waals surface area contributed by atoms with Gasteiger partial charge in [0, 0.05) is 30.5 Å². The molecule has 1 N–H and O–H groups in total. The van der Waals surface area contributed by atoms with Crippen LogP contribution in [0.15, 0.2) is 18.2 Å². The van der Waals surface area contributed by atoms with Crippen molar-refractivity contribution in [2.75, 3.05) is 13.2 Å². The number of urea groups is 1. The van der Waals surface area contributed by atoms with Gasteiger partial charge in [-0.3, -0.25) is 0 Å². The van der Waals surface area contributed by atoms with Crippen LogP contribution in [-0.2, 0) is 4.74 Å². The van der Waals surface area contributed by atoms with Crippen LogP contribution in [0.5, 0.6) is 0 Å². The quantitative estimate of drug-likeness (QED) is 0.884. The van der Waals surface area contributed by atoms with Gasteiger partial charge >= 0.3 is 6.03 Å². The highest BCUT2D eigenvalue weighted by Gasteiger charge is 2.60. The average molecular weight is 342 g/mol. The van der Waals surface area contributed by atoms with Gasteiger partial charge in [0.25, 0.3) is 0 Å². The number of nitrogens with zero attached hydrogens (tertiary/aromatic N) is 1. The molecular formula is C21H30N2O2. The number of benzene rings is 1. The number of nitrogens with one attached hydrogen (secondary N) is 1. The minimum Gasteiger partial charge on any atom is -0.377 e. The zero-order chi connectivity index (χ0) is 17.8. The monoisotopic (exact) mass is 342 g/mol. The molecular weight excluding hydrogens is 312 g/mol. The molecule has 2 saturated heterocycles. The number of fused-ring (bicyclic) bond motifs is 1. The molecule has 25 heavy (non-hydrogen) atoms. The first-order valence-corrected chi connectivity index (χ1v) is 9.65. The van der Waals surface area contributed by atoms with Crippen molar-refractivity contribution in [1.82, 2.24) is 10.2 Å². The number of aryl methyl sites for hydroxylation is 2. The summed E-state index contributed by atoms with van der Waals surface area (Å²) in [5, 5.41) is 3.35. The fourth-order valence-electron chi connectivity index (χ4n) is 5.16. The van der Waals surface area contributed by atoms with Crippen LogP contribution in [-0.4, -0.2) is 36.2 Å². The molecule has 0 spiro atoms. The maximum absolute atomic E-state index is 13.0. The van der Waals surface area contributed by atoms with Gasteiger partial charge < -0.3 is 15.0 Å². The van der Waals surface area contributed by atoms with E-state index in [1.165, 1.54) is 16.7 Å². The van der Waals surface area contributed by atoms with Gasteiger partial charge in [-0.15, -0.1) is 0 Å². The lowest BCUT2D eigenvalue weighted by Crippen LogP contribution is -2.67. The summed E-state index contributed by atoms with van der Waals surface area (Å²) in [6, 6.07) is 7.15. The third-order valence-corrected chi connectivity index (χ3v) is 6.81. The predicted molar refractivity (Wildman–Crippen MR) is 98.5 cm³/mol. The lowest BCUT2D eigenvalue weighted by molar-refractivity contribution is -0.109. The second kappa shape index (κ2) is 6.01. The normalized spacial score (nSPS) is 33.0. The van der Waals surface area contributed by atoms with Gasteiger partial charge in [-0.25, -0.2) is 4.79 Å². The van der Waals surface area contributed by atoms with Gasteiger partial charge in [-0.1, -0.05) is 32.0 Å². The standard InChI is InChI=1S/C21H30N2O2/c1-13-7-8-15(12-14(13)2)17-6-5-10-23(17)20(24)22-18-16-9-11-25-19(16)21(18,3)4/h7-8,12,16-19H,5-6,9-11H2,1-4H3,(H,22,24)/t16-,17-,18+,19+/m0/s1. The van der Waals surface area contributed by atoms with Crippen LogP contribution < -0.4 is 5.32 Å². The molecule has 1 saturated carbocycles. The Balaban J connectivity index is 1.48. The second-order valence-corrected chi connectivity index (χ2v) is 8.69. The molecule has 1 aromatic rings. The molecule has 0 radical (unpaired) electrons. The fraction of sp³-hybridized carbons (Fsp3) is 0.667. The fourth-order valence-corrected chi connectivity index (χ4v) is 5.16. The van der Waals surface area contributed by atoms with E-state index in [9.17, 15) is 4.79 Å². The van der Waals surface area contributed by atoms with E-state index in [-0.39, 0.29) is 23.5 Å². The highest BCUT2D eigenvalue weighted by molar-refractivity contribution is 5.76. The molecule has 4 rings (SSSR count). The minimum absolute atomic E-state index is 0.0342. The first-order valence-electron chi connectivity index (χ1n) is 9.65. The maximum Gasteiger partial charge on any atom is 0.318 e. The second-order valence-electron chi connectivity index (χ2n) is 8.69. The molecule has 4 heteroatoms. The molecule has 0 aromatic heterocycles. The summed E-state index contributed by atoms with van der Waals surface area (Å²) in [5.74, 6) is 0.488. The Bertz CT molecular complexity index is 684. The number of rotatable bonds is 2. The lowest BCUT2D eigenvalue weighted by Gasteiger charge is -2.54. The molecule has 0 bridgehead atoms. The third kappa shape index (κ3) is 2.66. The first-order chi connectivity index (χ1) is 11.9. The number of ether oxygens (including phenoxy) is 1. The van der Waals surface area contributed by atoms with E-state index in [2.05, 4.69) is 51.2 Å². The van der Waals surface area contributed by atoms with Crippen molar-refractivity contribution in [2.24, 2.45) is 11.3 Å². The minimum atomic E-state index is 0.0342. The largest absolute Gasteiger partial charge is 0.377 e. The summed E-state index contributed by atoms with van der Waals surface area (Å²) in [4.78, 5) is 15.1. The van der Waals surface area contributed by atoms with E-state index >= 15 is 0 Å². The number of hydrogen-bond donors (Lipinski definition) is 1. The molecule has 2 amide bonds. The molecule has 4 atom stereocenters.